The fraction of sp³-hybridized carbons (Fsp3) is 0.947. The smallest absolute Gasteiger partial charge is 0.223 e. The highest BCUT2D eigenvalue weighted by Gasteiger charge is 2.84. The van der Waals surface area contributed by atoms with E-state index in [4.69, 9.17) is 14.2 Å². The summed E-state index contributed by atoms with van der Waals surface area (Å²) < 4.78 is 19.7. The lowest BCUT2D eigenvalue weighted by atomic mass is 9.41. The maximum absolute atomic E-state index is 12.9. The zero-order valence-corrected chi connectivity index (χ0v) is 28.8. The second-order valence-corrected chi connectivity index (χ2v) is 18.5. The molecule has 8 rings (SSSR count). The summed E-state index contributed by atoms with van der Waals surface area (Å²) in [4.78, 5) is 26.9. The van der Waals surface area contributed by atoms with Gasteiger partial charge in [0.25, 0.3) is 0 Å². The van der Waals surface area contributed by atoms with Crippen LogP contribution in [-0.4, -0.2) is 72.1 Å². The van der Waals surface area contributed by atoms with Gasteiger partial charge in [-0.2, -0.15) is 0 Å². The van der Waals surface area contributed by atoms with Crippen LogP contribution in [0.25, 0.3) is 0 Å². The highest BCUT2D eigenvalue weighted by Crippen LogP contribution is 2.89. The van der Waals surface area contributed by atoms with Crippen LogP contribution in [0.2, 0.25) is 0 Å². The van der Waals surface area contributed by atoms with E-state index in [0.717, 1.165) is 12.8 Å². The molecule has 0 bridgehead atoms. The third-order valence-corrected chi connectivity index (χ3v) is 16.2. The summed E-state index contributed by atoms with van der Waals surface area (Å²) in [6, 6.07) is 0. The number of carbonyl (C=O) groups is 2. The molecule has 6 aliphatic carbocycles. The number of morpholine rings is 1. The van der Waals surface area contributed by atoms with Crippen molar-refractivity contribution < 1.29 is 28.9 Å². The highest BCUT2D eigenvalue weighted by atomic mass is 16.7. The van der Waals surface area contributed by atoms with E-state index in [1.165, 1.54) is 51.4 Å². The number of Topliss-reactive ketones (excluding diaryl/α,β-unsaturated/α-hetero) is 1. The number of fused-ring (bicyclic) bond motifs is 4. The Hall–Kier alpha value is -1.02. The quantitative estimate of drug-likeness (QED) is 0.381. The SMILES string of the molecule is CC(=O)CC1C[C@@H](C)[C@H]2C(O1)[C@H](O)[C@@]1(C)C3CCC4C(C)(C)C(O[C@H]5CN(C(=O)CC6CC6)CCO5)CCC45CC35CCC21C. The zero-order valence-electron chi connectivity index (χ0n) is 28.8. The Morgan fingerprint density at radius 1 is 0.956 bits per heavy atom. The summed E-state index contributed by atoms with van der Waals surface area (Å²) in [5, 5.41) is 12.3. The van der Waals surface area contributed by atoms with Gasteiger partial charge in [-0.3, -0.25) is 9.59 Å². The standard InChI is InChI=1S/C38H59NO6/c1-22-17-25(18-23(2)40)44-32-31(22)35(5)13-14-38-21-37(38)12-11-28(34(3,4)26(37)9-10-27(38)36(35,6)33(32)42)45-30-20-39(15-16-43-30)29(41)19-24-7-8-24/h22,24-28,30-33,42H,7-21H2,1-6H3/t22-,25?,26?,27?,28?,30+,31+,32?,33+,35?,36-,37?,38?/m1/s1. The molecule has 13 atom stereocenters. The lowest BCUT2D eigenvalue weighted by molar-refractivity contribution is -0.248. The summed E-state index contributed by atoms with van der Waals surface area (Å²) in [6.07, 6.45) is 11.9. The maximum Gasteiger partial charge on any atom is 0.223 e. The molecule has 8 unspecified atom stereocenters. The Morgan fingerprint density at radius 3 is 2.42 bits per heavy atom. The monoisotopic (exact) mass is 625 g/mol. The second-order valence-electron chi connectivity index (χ2n) is 18.5. The van der Waals surface area contributed by atoms with Crippen molar-refractivity contribution in [1.29, 1.82) is 0 Å². The molecular weight excluding hydrogens is 566 g/mol. The van der Waals surface area contributed by atoms with Crippen molar-refractivity contribution in [1.82, 2.24) is 4.90 Å². The molecule has 2 heterocycles. The minimum atomic E-state index is -0.484. The van der Waals surface area contributed by atoms with Crippen LogP contribution in [0.1, 0.15) is 119 Å². The lowest BCUT2D eigenvalue weighted by Gasteiger charge is -2.64. The number of aliphatic hydroxyl groups is 1. The molecular formula is C38H59NO6. The number of rotatable bonds is 6. The van der Waals surface area contributed by atoms with Gasteiger partial charge in [-0.1, -0.05) is 34.6 Å². The van der Waals surface area contributed by atoms with Crippen molar-refractivity contribution in [2.75, 3.05) is 19.7 Å². The molecule has 7 heteroatoms. The number of ketones is 1. The topological polar surface area (TPSA) is 85.3 Å². The van der Waals surface area contributed by atoms with Crippen LogP contribution in [0.15, 0.2) is 0 Å². The third kappa shape index (κ3) is 4.27. The van der Waals surface area contributed by atoms with Crippen LogP contribution in [-0.2, 0) is 23.8 Å². The van der Waals surface area contributed by atoms with Crippen molar-refractivity contribution >= 4 is 11.7 Å². The first kappa shape index (κ1) is 31.3. The largest absolute Gasteiger partial charge is 0.390 e. The molecule has 0 radical (unpaired) electrons. The van der Waals surface area contributed by atoms with Crippen LogP contribution in [0, 0.1) is 56.7 Å². The van der Waals surface area contributed by atoms with E-state index < -0.39 is 6.10 Å². The first-order valence-electron chi connectivity index (χ1n) is 18.6. The molecule has 1 N–H and O–H groups in total. The minimum absolute atomic E-state index is 0.0256. The van der Waals surface area contributed by atoms with Gasteiger partial charge in [0, 0.05) is 24.8 Å². The summed E-state index contributed by atoms with van der Waals surface area (Å²) >= 11 is 0. The molecule has 7 nitrogen and oxygen atoms in total. The van der Waals surface area contributed by atoms with Gasteiger partial charge in [0.05, 0.1) is 37.6 Å². The molecule has 2 spiro atoms. The van der Waals surface area contributed by atoms with Crippen LogP contribution < -0.4 is 0 Å². The van der Waals surface area contributed by atoms with Gasteiger partial charge in [0.1, 0.15) is 5.78 Å². The number of amides is 1. The summed E-state index contributed by atoms with van der Waals surface area (Å²) in [6.45, 7) is 15.7. The van der Waals surface area contributed by atoms with Gasteiger partial charge in [0.2, 0.25) is 5.91 Å². The molecule has 2 aliphatic heterocycles. The Labute approximate surface area is 270 Å². The van der Waals surface area contributed by atoms with E-state index in [0.29, 0.717) is 73.0 Å². The summed E-state index contributed by atoms with van der Waals surface area (Å²) in [5.41, 5.74) is 0.522. The van der Waals surface area contributed by atoms with Gasteiger partial charge >= 0.3 is 0 Å². The lowest BCUT2D eigenvalue weighted by Crippen LogP contribution is -2.60. The molecule has 8 fully saturated rings. The molecule has 0 aromatic carbocycles. The Balaban J connectivity index is 1.01. The molecule has 8 aliphatic rings. The number of aliphatic hydroxyl groups excluding tert-OH is 1. The van der Waals surface area contributed by atoms with Crippen molar-refractivity contribution in [3.8, 4) is 0 Å². The maximum atomic E-state index is 12.9. The highest BCUT2D eigenvalue weighted by molar-refractivity contribution is 5.77. The number of hydrogen-bond acceptors (Lipinski definition) is 6. The van der Waals surface area contributed by atoms with E-state index in [9.17, 15) is 14.7 Å². The molecule has 0 aromatic heterocycles. The first-order valence-corrected chi connectivity index (χ1v) is 18.6. The van der Waals surface area contributed by atoms with Crippen LogP contribution in [0.4, 0.5) is 0 Å². The fourth-order valence-corrected chi connectivity index (χ4v) is 13.9. The van der Waals surface area contributed by atoms with Crippen LogP contribution >= 0.6 is 0 Å². The number of nitrogens with zero attached hydrogens (tertiary/aromatic N) is 1. The van der Waals surface area contributed by atoms with Crippen molar-refractivity contribution in [3.63, 3.8) is 0 Å². The van der Waals surface area contributed by atoms with E-state index >= 15 is 0 Å². The van der Waals surface area contributed by atoms with Gasteiger partial charge in [-0.15, -0.1) is 0 Å². The van der Waals surface area contributed by atoms with Gasteiger partial charge in [0.15, 0.2) is 6.29 Å². The second kappa shape index (κ2) is 10.2. The average molecular weight is 626 g/mol. The zero-order chi connectivity index (χ0) is 31.7. The Kier molecular flexibility index (Phi) is 7.12. The first-order chi connectivity index (χ1) is 21.3. The predicted octanol–water partition coefficient (Wildman–Crippen LogP) is 6.15. The minimum Gasteiger partial charge on any atom is -0.390 e. The number of carbonyl (C=O) groups excluding carboxylic acids is 2. The number of ether oxygens (including phenoxy) is 3. The molecule has 252 valence electrons. The van der Waals surface area contributed by atoms with E-state index in [1.54, 1.807) is 6.92 Å². The summed E-state index contributed by atoms with van der Waals surface area (Å²) in [7, 11) is 0. The Bertz CT molecular complexity index is 1230. The van der Waals surface area contributed by atoms with Crippen molar-refractivity contribution in [3.05, 3.63) is 0 Å². The van der Waals surface area contributed by atoms with Gasteiger partial charge < -0.3 is 24.2 Å². The molecule has 2 saturated heterocycles. The molecule has 6 saturated carbocycles. The van der Waals surface area contributed by atoms with E-state index in [1.807, 2.05) is 4.90 Å². The normalized spacial score (nSPS) is 53.0. The molecule has 45 heavy (non-hydrogen) atoms. The van der Waals surface area contributed by atoms with Crippen LogP contribution in [0.5, 0.6) is 0 Å². The van der Waals surface area contributed by atoms with Gasteiger partial charge in [-0.05, 0) is 122 Å². The Morgan fingerprint density at radius 2 is 1.69 bits per heavy atom. The average Bonchev–Trinajstić information content (AvgIpc) is 3.89. The third-order valence-electron chi connectivity index (χ3n) is 16.2. The fourth-order valence-electron chi connectivity index (χ4n) is 13.9. The predicted molar refractivity (Wildman–Crippen MR) is 170 cm³/mol. The number of hydrogen-bond donors (Lipinski definition) is 1. The molecule has 1 amide bonds. The summed E-state index contributed by atoms with van der Waals surface area (Å²) in [5.74, 6) is 2.95. The van der Waals surface area contributed by atoms with E-state index in [2.05, 4.69) is 34.6 Å². The van der Waals surface area contributed by atoms with Crippen molar-refractivity contribution in [2.45, 2.75) is 149 Å². The van der Waals surface area contributed by atoms with E-state index in [-0.39, 0.29) is 52.5 Å². The van der Waals surface area contributed by atoms with Gasteiger partial charge in [-0.25, -0.2) is 0 Å². The van der Waals surface area contributed by atoms with Crippen LogP contribution in [0.3, 0.4) is 0 Å². The molecule has 0 aromatic rings. The van der Waals surface area contributed by atoms with Crippen molar-refractivity contribution in [2.24, 2.45) is 56.7 Å².